The van der Waals surface area contributed by atoms with E-state index in [-0.39, 0.29) is 0 Å². The summed E-state index contributed by atoms with van der Waals surface area (Å²) in [7, 11) is 0. The molecule has 0 saturated carbocycles. The van der Waals surface area contributed by atoms with Crippen molar-refractivity contribution in [2.24, 2.45) is 5.73 Å². The molecule has 4 N–H and O–H groups in total. The van der Waals surface area contributed by atoms with Crippen molar-refractivity contribution in [3.63, 3.8) is 0 Å². The van der Waals surface area contributed by atoms with Crippen molar-refractivity contribution in [1.29, 1.82) is 0 Å². The second-order valence-electron chi connectivity index (χ2n) is 1.99. The van der Waals surface area contributed by atoms with Crippen LogP contribution in [-0.2, 0) is 9.59 Å². The molecular weight excluding hydrogens is 157 g/mol. The summed E-state index contributed by atoms with van der Waals surface area (Å²) in [6, 6.07) is -1.46. The van der Waals surface area contributed by atoms with Gasteiger partial charge in [-0.3, -0.25) is 4.79 Å². The normalized spacial score (nSPS) is 15.5. The first kappa shape index (κ1) is 9.83. The van der Waals surface area contributed by atoms with E-state index in [4.69, 9.17) is 15.9 Å². The highest BCUT2D eigenvalue weighted by Crippen LogP contribution is 2.00. The van der Waals surface area contributed by atoms with Crippen molar-refractivity contribution in [2.75, 3.05) is 0 Å². The van der Waals surface area contributed by atoms with E-state index in [0.29, 0.717) is 0 Å². The van der Waals surface area contributed by atoms with Crippen LogP contribution in [0.4, 0.5) is 4.39 Å². The van der Waals surface area contributed by atoms with Gasteiger partial charge < -0.3 is 15.9 Å². The fourth-order valence-electron chi connectivity index (χ4n) is 0.425. The van der Waals surface area contributed by atoms with Crippen LogP contribution in [0.15, 0.2) is 0 Å². The molecule has 0 aromatic rings. The molecule has 5 nitrogen and oxygen atoms in total. The number of rotatable bonds is 4. The molecule has 0 spiro atoms. The summed E-state index contributed by atoms with van der Waals surface area (Å²) >= 11 is 0. The highest BCUT2D eigenvalue weighted by atomic mass is 19.1. The Kier molecular flexibility index (Phi) is 3.46. The van der Waals surface area contributed by atoms with E-state index >= 15 is 0 Å². The van der Waals surface area contributed by atoms with Gasteiger partial charge in [0.1, 0.15) is 6.04 Å². The molecule has 0 heterocycles. The van der Waals surface area contributed by atoms with Gasteiger partial charge in [-0.15, -0.1) is 0 Å². The van der Waals surface area contributed by atoms with Crippen LogP contribution in [0, 0.1) is 0 Å². The Morgan fingerprint density at radius 2 is 1.82 bits per heavy atom. The summed E-state index contributed by atoms with van der Waals surface area (Å²) in [6.45, 7) is 0. The molecule has 0 bridgehead atoms. The standard InChI is InChI=1S/C5H8FNO4/c6-2(4(8)9)1-3(7)5(10)11/h2-3H,1,7H2,(H,8,9)(H,10,11)/t2-,3-/m1/s1. The molecule has 0 unspecified atom stereocenters. The zero-order chi connectivity index (χ0) is 9.02. The van der Waals surface area contributed by atoms with Gasteiger partial charge in [-0.2, -0.15) is 0 Å². The maximum absolute atomic E-state index is 12.2. The molecule has 11 heavy (non-hydrogen) atoms. The molecule has 6 heteroatoms. The maximum atomic E-state index is 12.2. The van der Waals surface area contributed by atoms with Crippen LogP contribution in [-0.4, -0.2) is 34.4 Å². The summed E-state index contributed by atoms with van der Waals surface area (Å²) in [6.07, 6.45) is -2.91. The third kappa shape index (κ3) is 3.51. The van der Waals surface area contributed by atoms with Crippen LogP contribution in [0.2, 0.25) is 0 Å². The molecule has 0 amide bonds. The number of carbonyl (C=O) groups is 2. The van der Waals surface area contributed by atoms with Gasteiger partial charge in [0.05, 0.1) is 0 Å². The van der Waals surface area contributed by atoms with Gasteiger partial charge in [-0.05, 0) is 0 Å². The largest absolute Gasteiger partial charge is 0.480 e. The minimum Gasteiger partial charge on any atom is -0.480 e. The highest BCUT2D eigenvalue weighted by Gasteiger charge is 2.23. The summed E-state index contributed by atoms with van der Waals surface area (Å²) in [5.74, 6) is -3.10. The van der Waals surface area contributed by atoms with Crippen molar-refractivity contribution in [2.45, 2.75) is 18.6 Å². The first-order chi connectivity index (χ1) is 4.95. The molecule has 0 aromatic heterocycles. The van der Waals surface area contributed by atoms with Gasteiger partial charge in [0.25, 0.3) is 0 Å². The average Bonchev–Trinajstić information content (AvgIpc) is 1.87. The molecule has 0 aliphatic rings. The molecule has 0 aromatic carbocycles. The fraction of sp³-hybridized carbons (Fsp3) is 0.600. The lowest BCUT2D eigenvalue weighted by Crippen LogP contribution is -2.35. The molecule has 0 saturated heterocycles. The Labute approximate surface area is 61.6 Å². The number of carboxylic acids is 2. The monoisotopic (exact) mass is 165 g/mol. The number of nitrogens with two attached hydrogens (primary N) is 1. The summed E-state index contributed by atoms with van der Waals surface area (Å²) in [5.41, 5.74) is 4.85. The van der Waals surface area contributed by atoms with Crippen molar-refractivity contribution < 1.29 is 24.2 Å². The Morgan fingerprint density at radius 1 is 1.36 bits per heavy atom. The Hall–Kier alpha value is -1.17. The Morgan fingerprint density at radius 3 is 2.09 bits per heavy atom. The predicted molar refractivity (Wildman–Crippen MR) is 32.8 cm³/mol. The zero-order valence-corrected chi connectivity index (χ0v) is 5.53. The molecular formula is C5H8FNO4. The van der Waals surface area contributed by atoms with Crippen LogP contribution < -0.4 is 5.73 Å². The van der Waals surface area contributed by atoms with Crippen molar-refractivity contribution in [3.8, 4) is 0 Å². The van der Waals surface area contributed by atoms with E-state index in [2.05, 4.69) is 0 Å². The second kappa shape index (κ2) is 3.87. The number of aliphatic carboxylic acids is 2. The van der Waals surface area contributed by atoms with E-state index in [1.165, 1.54) is 0 Å². The topological polar surface area (TPSA) is 101 Å². The van der Waals surface area contributed by atoms with Gasteiger partial charge in [-0.25, -0.2) is 9.18 Å². The smallest absolute Gasteiger partial charge is 0.338 e. The Balaban J connectivity index is 3.84. The third-order valence-electron chi connectivity index (χ3n) is 1.05. The van der Waals surface area contributed by atoms with Crippen molar-refractivity contribution in [1.82, 2.24) is 0 Å². The number of hydrogen-bond acceptors (Lipinski definition) is 3. The van der Waals surface area contributed by atoms with Crippen LogP contribution >= 0.6 is 0 Å². The quantitative estimate of drug-likeness (QED) is 0.506. The van der Waals surface area contributed by atoms with Gasteiger partial charge in [-0.1, -0.05) is 0 Å². The van der Waals surface area contributed by atoms with Gasteiger partial charge in [0.2, 0.25) is 0 Å². The van der Waals surface area contributed by atoms with Crippen molar-refractivity contribution >= 4 is 11.9 Å². The summed E-state index contributed by atoms with van der Waals surface area (Å²) in [4.78, 5) is 19.8. The molecule has 0 rings (SSSR count). The van der Waals surface area contributed by atoms with Gasteiger partial charge >= 0.3 is 11.9 Å². The van der Waals surface area contributed by atoms with E-state index in [1.54, 1.807) is 0 Å². The molecule has 0 aliphatic carbocycles. The van der Waals surface area contributed by atoms with E-state index in [0.717, 1.165) is 0 Å². The number of halogens is 1. The van der Waals surface area contributed by atoms with Gasteiger partial charge in [0.15, 0.2) is 6.17 Å². The number of hydrogen-bond donors (Lipinski definition) is 3. The SMILES string of the molecule is N[C@H](C[C@@H](F)C(=O)O)C(=O)O. The minimum atomic E-state index is -2.21. The minimum absolute atomic E-state index is 0.704. The lowest BCUT2D eigenvalue weighted by Gasteiger charge is -2.06. The van der Waals surface area contributed by atoms with E-state index in [9.17, 15) is 14.0 Å². The van der Waals surface area contributed by atoms with Crippen LogP contribution in [0.1, 0.15) is 6.42 Å². The molecule has 0 radical (unpaired) electrons. The van der Waals surface area contributed by atoms with Gasteiger partial charge in [0, 0.05) is 6.42 Å². The van der Waals surface area contributed by atoms with E-state index in [1.807, 2.05) is 0 Å². The zero-order valence-electron chi connectivity index (χ0n) is 5.53. The van der Waals surface area contributed by atoms with Crippen LogP contribution in [0.3, 0.4) is 0 Å². The third-order valence-corrected chi connectivity index (χ3v) is 1.05. The highest BCUT2D eigenvalue weighted by molar-refractivity contribution is 5.76. The molecule has 0 fully saturated rings. The fourth-order valence-corrected chi connectivity index (χ4v) is 0.425. The summed E-state index contributed by atoms with van der Waals surface area (Å²) in [5, 5.41) is 16.1. The Bertz CT molecular complexity index is 154. The summed E-state index contributed by atoms with van der Waals surface area (Å²) < 4.78 is 12.2. The number of carboxylic acid groups (broad SMARTS) is 2. The molecule has 2 atom stereocenters. The van der Waals surface area contributed by atoms with Crippen LogP contribution in [0.5, 0.6) is 0 Å². The second-order valence-corrected chi connectivity index (χ2v) is 1.99. The molecule has 64 valence electrons. The first-order valence-electron chi connectivity index (χ1n) is 2.80. The average molecular weight is 165 g/mol. The van der Waals surface area contributed by atoms with E-state index < -0.39 is 30.6 Å². The van der Waals surface area contributed by atoms with Crippen molar-refractivity contribution in [3.05, 3.63) is 0 Å². The first-order valence-corrected chi connectivity index (χ1v) is 2.80. The van der Waals surface area contributed by atoms with Crippen LogP contribution in [0.25, 0.3) is 0 Å². The lowest BCUT2D eigenvalue weighted by atomic mass is 10.1. The maximum Gasteiger partial charge on any atom is 0.338 e. The molecule has 0 aliphatic heterocycles. The lowest BCUT2D eigenvalue weighted by molar-refractivity contribution is -0.144. The predicted octanol–water partition coefficient (Wildman–Crippen LogP) is -0.789. The number of alkyl halides is 1.